The quantitative estimate of drug-likeness (QED) is 0.677. The van der Waals surface area contributed by atoms with E-state index in [0.717, 1.165) is 16.6 Å². The summed E-state index contributed by atoms with van der Waals surface area (Å²) in [6.07, 6.45) is 1.75. The molecule has 24 heavy (non-hydrogen) atoms. The molecule has 2 heterocycles. The first-order valence-corrected chi connectivity index (χ1v) is 7.67. The number of carbonyl (C=O) groups excluding carboxylic acids is 3. The maximum Gasteiger partial charge on any atom is 0.176 e. The Morgan fingerprint density at radius 1 is 0.750 bits per heavy atom. The second-order valence-corrected chi connectivity index (χ2v) is 5.86. The Kier molecular flexibility index (Phi) is 3.89. The number of hydrogen-bond donors (Lipinski definition) is 0. The fraction of sp³-hybridized carbons (Fsp3) is 0.150. The number of fused-ring (bicyclic) bond motifs is 1. The van der Waals surface area contributed by atoms with Crippen LogP contribution in [0.4, 0.5) is 0 Å². The van der Waals surface area contributed by atoms with Gasteiger partial charge in [0.25, 0.3) is 0 Å². The third-order valence-electron chi connectivity index (χ3n) is 4.14. The van der Waals surface area contributed by atoms with Crippen molar-refractivity contribution in [3.63, 3.8) is 0 Å². The molecule has 0 aliphatic carbocycles. The smallest absolute Gasteiger partial charge is 0.176 e. The number of pyridine rings is 1. The molecule has 0 atom stereocenters. The molecule has 0 saturated carbocycles. The van der Waals surface area contributed by atoms with Gasteiger partial charge < -0.3 is 4.40 Å². The summed E-state index contributed by atoms with van der Waals surface area (Å²) in [6, 6.07) is 12.6. The summed E-state index contributed by atoms with van der Waals surface area (Å²) >= 11 is 0. The second kappa shape index (κ2) is 5.89. The summed E-state index contributed by atoms with van der Waals surface area (Å²) in [5, 5.41) is 0. The molecule has 2 aromatic heterocycles. The van der Waals surface area contributed by atoms with Gasteiger partial charge in [-0.3, -0.25) is 14.4 Å². The van der Waals surface area contributed by atoms with Gasteiger partial charge in [-0.05, 0) is 37.6 Å². The van der Waals surface area contributed by atoms with Crippen LogP contribution in [0.3, 0.4) is 0 Å². The standard InChI is InChI=1S/C20H17NO3/c1-12(22)15-4-6-16(7-5-15)18-11-19(14(3)24)21-9-8-17(13(2)23)10-20(18)21/h4-11H,1-3H3. The SMILES string of the molecule is CC(=O)c1ccc(-c2cc(C(C)=O)n3ccc(C(C)=O)cc23)cc1. The van der Waals surface area contributed by atoms with Gasteiger partial charge in [-0.1, -0.05) is 24.3 Å². The van der Waals surface area contributed by atoms with Crippen molar-refractivity contribution in [1.29, 1.82) is 0 Å². The van der Waals surface area contributed by atoms with Crippen LogP contribution in [0.5, 0.6) is 0 Å². The lowest BCUT2D eigenvalue weighted by atomic mass is 10.0. The Morgan fingerprint density at radius 2 is 1.38 bits per heavy atom. The number of ketones is 3. The van der Waals surface area contributed by atoms with Gasteiger partial charge in [0.15, 0.2) is 17.3 Å². The lowest BCUT2D eigenvalue weighted by Crippen LogP contribution is -2.00. The normalized spacial score (nSPS) is 10.8. The van der Waals surface area contributed by atoms with Crippen LogP contribution >= 0.6 is 0 Å². The molecule has 4 heteroatoms. The van der Waals surface area contributed by atoms with Crippen molar-refractivity contribution < 1.29 is 14.4 Å². The highest BCUT2D eigenvalue weighted by atomic mass is 16.1. The first kappa shape index (κ1) is 15.9. The number of benzene rings is 1. The summed E-state index contributed by atoms with van der Waals surface area (Å²) in [4.78, 5) is 35.0. The topological polar surface area (TPSA) is 55.6 Å². The first-order valence-electron chi connectivity index (χ1n) is 7.67. The van der Waals surface area contributed by atoms with Crippen molar-refractivity contribution in [2.45, 2.75) is 20.8 Å². The molecular formula is C20H17NO3. The van der Waals surface area contributed by atoms with E-state index in [-0.39, 0.29) is 17.3 Å². The molecular weight excluding hydrogens is 302 g/mol. The van der Waals surface area contributed by atoms with Crippen molar-refractivity contribution in [1.82, 2.24) is 4.40 Å². The lowest BCUT2D eigenvalue weighted by Gasteiger charge is -2.04. The van der Waals surface area contributed by atoms with Gasteiger partial charge in [-0.15, -0.1) is 0 Å². The van der Waals surface area contributed by atoms with Crippen molar-refractivity contribution in [3.8, 4) is 11.1 Å². The summed E-state index contributed by atoms with van der Waals surface area (Å²) in [7, 11) is 0. The first-order chi connectivity index (χ1) is 11.4. The monoisotopic (exact) mass is 319 g/mol. The maximum absolute atomic E-state index is 11.9. The van der Waals surface area contributed by atoms with Gasteiger partial charge in [-0.2, -0.15) is 0 Å². The van der Waals surface area contributed by atoms with Crippen LogP contribution in [0.2, 0.25) is 0 Å². The molecule has 120 valence electrons. The van der Waals surface area contributed by atoms with Gasteiger partial charge >= 0.3 is 0 Å². The molecule has 0 aliphatic heterocycles. The Balaban J connectivity index is 2.25. The third kappa shape index (κ3) is 2.67. The third-order valence-corrected chi connectivity index (χ3v) is 4.14. The predicted molar refractivity (Wildman–Crippen MR) is 92.8 cm³/mol. The molecule has 0 fully saturated rings. The Morgan fingerprint density at radius 3 is 1.92 bits per heavy atom. The largest absolute Gasteiger partial charge is 0.313 e. The van der Waals surface area contributed by atoms with Crippen molar-refractivity contribution in [2.24, 2.45) is 0 Å². The van der Waals surface area contributed by atoms with E-state index >= 15 is 0 Å². The molecule has 0 saturated heterocycles. The van der Waals surface area contributed by atoms with Crippen molar-refractivity contribution in [2.75, 3.05) is 0 Å². The molecule has 0 amide bonds. The number of rotatable bonds is 4. The minimum Gasteiger partial charge on any atom is -0.313 e. The Labute approximate surface area is 139 Å². The summed E-state index contributed by atoms with van der Waals surface area (Å²) in [5.74, 6) is -0.0697. The van der Waals surface area contributed by atoms with Gasteiger partial charge in [0.2, 0.25) is 0 Å². The minimum atomic E-state index is -0.0489. The summed E-state index contributed by atoms with van der Waals surface area (Å²) < 4.78 is 1.79. The average Bonchev–Trinajstić information content (AvgIpc) is 2.93. The van der Waals surface area contributed by atoms with Crippen LogP contribution < -0.4 is 0 Å². The number of Topliss-reactive ketones (excluding diaryl/α,β-unsaturated/α-hetero) is 3. The molecule has 0 aliphatic rings. The lowest BCUT2D eigenvalue weighted by molar-refractivity contribution is 0.100. The minimum absolute atomic E-state index is 0.00609. The van der Waals surface area contributed by atoms with Gasteiger partial charge in [0.05, 0.1) is 11.2 Å². The molecule has 0 N–H and O–H groups in total. The van der Waals surface area contributed by atoms with Crippen LogP contribution in [-0.4, -0.2) is 21.8 Å². The van der Waals surface area contributed by atoms with E-state index in [9.17, 15) is 14.4 Å². The molecule has 1 aromatic carbocycles. The van der Waals surface area contributed by atoms with E-state index in [0.29, 0.717) is 16.8 Å². The van der Waals surface area contributed by atoms with Crippen LogP contribution in [0.25, 0.3) is 16.6 Å². The Hall–Kier alpha value is -3.01. The number of nitrogens with zero attached hydrogens (tertiary/aromatic N) is 1. The molecule has 3 rings (SSSR count). The number of hydrogen-bond acceptors (Lipinski definition) is 3. The zero-order valence-corrected chi connectivity index (χ0v) is 13.8. The number of carbonyl (C=O) groups is 3. The van der Waals surface area contributed by atoms with Crippen molar-refractivity contribution in [3.05, 3.63) is 65.5 Å². The highest BCUT2D eigenvalue weighted by molar-refractivity contribution is 6.01. The Bertz CT molecular complexity index is 978. The molecule has 0 spiro atoms. The predicted octanol–water partition coefficient (Wildman–Crippen LogP) is 4.21. The fourth-order valence-corrected chi connectivity index (χ4v) is 2.80. The van der Waals surface area contributed by atoms with Crippen LogP contribution in [0.1, 0.15) is 52.0 Å². The van der Waals surface area contributed by atoms with E-state index in [4.69, 9.17) is 0 Å². The molecule has 4 nitrogen and oxygen atoms in total. The summed E-state index contributed by atoms with van der Waals surface area (Å²) in [5.41, 5.74) is 4.34. The van der Waals surface area contributed by atoms with E-state index < -0.39 is 0 Å². The molecule has 0 radical (unpaired) electrons. The zero-order valence-electron chi connectivity index (χ0n) is 13.8. The van der Waals surface area contributed by atoms with Crippen LogP contribution in [0, 0.1) is 0 Å². The van der Waals surface area contributed by atoms with Crippen molar-refractivity contribution >= 4 is 22.9 Å². The van der Waals surface area contributed by atoms with Gasteiger partial charge in [-0.25, -0.2) is 0 Å². The van der Waals surface area contributed by atoms with E-state index in [2.05, 4.69) is 0 Å². The maximum atomic E-state index is 11.9. The van der Waals surface area contributed by atoms with E-state index in [1.165, 1.54) is 20.8 Å². The fourth-order valence-electron chi connectivity index (χ4n) is 2.80. The highest BCUT2D eigenvalue weighted by Gasteiger charge is 2.15. The zero-order chi connectivity index (χ0) is 17.4. The molecule has 0 unspecified atom stereocenters. The van der Waals surface area contributed by atoms with E-state index in [1.54, 1.807) is 34.9 Å². The molecule has 0 bridgehead atoms. The summed E-state index contributed by atoms with van der Waals surface area (Å²) in [6.45, 7) is 4.56. The number of aromatic nitrogens is 1. The molecule has 3 aromatic rings. The van der Waals surface area contributed by atoms with E-state index in [1.807, 2.05) is 18.2 Å². The van der Waals surface area contributed by atoms with Crippen LogP contribution in [-0.2, 0) is 0 Å². The highest BCUT2D eigenvalue weighted by Crippen LogP contribution is 2.29. The van der Waals surface area contributed by atoms with Gasteiger partial charge in [0.1, 0.15) is 0 Å². The average molecular weight is 319 g/mol. The van der Waals surface area contributed by atoms with Crippen LogP contribution in [0.15, 0.2) is 48.7 Å². The second-order valence-electron chi connectivity index (χ2n) is 5.86. The van der Waals surface area contributed by atoms with Gasteiger partial charge in [0, 0.05) is 29.8 Å².